The molecule has 0 amide bonds. The van der Waals surface area contributed by atoms with Crippen molar-refractivity contribution in [2.24, 2.45) is 0 Å². The lowest BCUT2D eigenvalue weighted by Gasteiger charge is -2.32. The van der Waals surface area contributed by atoms with Crippen LogP contribution >= 0.6 is 0 Å². The molecule has 4 rings (SSSR count). The maximum atomic E-state index is 4.59. The standard InChI is InChI=1S/C21H26N6/c1-3-19(17-8-5-4-6-9-17)27-16(2)24-25-20(27)18-10-14-26(15-11-18)21-22-12-7-13-23-21/h4-9,12-13,18-19H,3,10-11,14-15H2,1-2H3/t19-/m0/s1. The van der Waals surface area contributed by atoms with Crippen LogP contribution in [0, 0.1) is 6.92 Å². The summed E-state index contributed by atoms with van der Waals surface area (Å²) in [6.07, 6.45) is 6.72. The van der Waals surface area contributed by atoms with Gasteiger partial charge in [-0.3, -0.25) is 0 Å². The Morgan fingerprint density at radius 2 is 1.70 bits per heavy atom. The van der Waals surface area contributed by atoms with Gasteiger partial charge in [0.2, 0.25) is 5.95 Å². The molecular formula is C21H26N6. The first kappa shape index (κ1) is 17.6. The highest BCUT2D eigenvalue weighted by molar-refractivity contribution is 5.30. The van der Waals surface area contributed by atoms with Crippen molar-refractivity contribution in [3.8, 4) is 0 Å². The molecule has 1 aliphatic heterocycles. The van der Waals surface area contributed by atoms with Gasteiger partial charge in [-0.2, -0.15) is 0 Å². The topological polar surface area (TPSA) is 59.7 Å². The van der Waals surface area contributed by atoms with Crippen LogP contribution in [0.15, 0.2) is 48.8 Å². The van der Waals surface area contributed by atoms with Crippen molar-refractivity contribution in [2.45, 2.75) is 45.1 Å². The molecule has 1 aliphatic rings. The Labute approximate surface area is 160 Å². The van der Waals surface area contributed by atoms with Crippen LogP contribution in [0.4, 0.5) is 5.95 Å². The van der Waals surface area contributed by atoms with Crippen molar-refractivity contribution >= 4 is 5.95 Å². The first-order chi connectivity index (χ1) is 13.3. The van der Waals surface area contributed by atoms with Gasteiger partial charge < -0.3 is 9.47 Å². The lowest BCUT2D eigenvalue weighted by Crippen LogP contribution is -2.35. The van der Waals surface area contributed by atoms with Crippen molar-refractivity contribution < 1.29 is 0 Å². The Kier molecular flexibility index (Phi) is 5.14. The molecule has 1 fully saturated rings. The molecule has 1 saturated heterocycles. The number of hydrogen-bond donors (Lipinski definition) is 0. The van der Waals surface area contributed by atoms with Gasteiger partial charge in [0.15, 0.2) is 0 Å². The van der Waals surface area contributed by atoms with E-state index in [-0.39, 0.29) is 6.04 Å². The molecule has 1 aromatic carbocycles. The zero-order valence-electron chi connectivity index (χ0n) is 16.0. The van der Waals surface area contributed by atoms with Gasteiger partial charge in [-0.05, 0) is 37.8 Å². The summed E-state index contributed by atoms with van der Waals surface area (Å²) < 4.78 is 2.36. The van der Waals surface area contributed by atoms with E-state index >= 15 is 0 Å². The van der Waals surface area contributed by atoms with Crippen LogP contribution in [0.5, 0.6) is 0 Å². The highest BCUT2D eigenvalue weighted by Gasteiger charge is 2.28. The number of aryl methyl sites for hydroxylation is 1. The van der Waals surface area contributed by atoms with Crippen LogP contribution < -0.4 is 4.90 Å². The largest absolute Gasteiger partial charge is 0.341 e. The number of benzene rings is 1. The smallest absolute Gasteiger partial charge is 0.225 e. The maximum Gasteiger partial charge on any atom is 0.225 e. The second-order valence-electron chi connectivity index (χ2n) is 7.12. The molecule has 27 heavy (non-hydrogen) atoms. The maximum absolute atomic E-state index is 4.59. The fraction of sp³-hybridized carbons (Fsp3) is 0.429. The van der Waals surface area contributed by atoms with E-state index in [4.69, 9.17) is 0 Å². The second kappa shape index (κ2) is 7.86. The average molecular weight is 362 g/mol. The SMILES string of the molecule is CC[C@@H](c1ccccc1)n1c(C)nnc1C1CCN(c2ncccn2)CC1. The molecule has 1 atom stereocenters. The molecule has 0 spiro atoms. The summed E-state index contributed by atoms with van der Waals surface area (Å²) in [7, 11) is 0. The van der Waals surface area contributed by atoms with Gasteiger partial charge in [-0.1, -0.05) is 37.3 Å². The van der Waals surface area contributed by atoms with Crippen LogP contribution in [0.25, 0.3) is 0 Å². The lowest BCUT2D eigenvalue weighted by atomic mass is 9.95. The Morgan fingerprint density at radius 1 is 1.00 bits per heavy atom. The molecule has 3 heterocycles. The predicted molar refractivity (Wildman–Crippen MR) is 106 cm³/mol. The summed E-state index contributed by atoms with van der Waals surface area (Å²) >= 11 is 0. The summed E-state index contributed by atoms with van der Waals surface area (Å²) in [4.78, 5) is 11.0. The van der Waals surface area contributed by atoms with Gasteiger partial charge in [0.05, 0.1) is 6.04 Å². The van der Waals surface area contributed by atoms with Crippen LogP contribution in [0.3, 0.4) is 0 Å². The minimum absolute atomic E-state index is 0.284. The predicted octanol–water partition coefficient (Wildman–Crippen LogP) is 3.76. The van der Waals surface area contributed by atoms with Crippen LogP contribution in [-0.2, 0) is 0 Å². The average Bonchev–Trinajstić information content (AvgIpc) is 3.12. The van der Waals surface area contributed by atoms with E-state index in [2.05, 4.69) is 73.8 Å². The van der Waals surface area contributed by atoms with E-state index in [1.54, 1.807) is 12.4 Å². The molecule has 0 radical (unpaired) electrons. The zero-order valence-corrected chi connectivity index (χ0v) is 16.0. The third-order valence-electron chi connectivity index (χ3n) is 5.47. The van der Waals surface area contributed by atoms with Crippen LogP contribution in [0.1, 0.15) is 55.4 Å². The number of nitrogens with zero attached hydrogens (tertiary/aromatic N) is 6. The van der Waals surface area contributed by atoms with E-state index < -0.39 is 0 Å². The third-order valence-corrected chi connectivity index (χ3v) is 5.47. The molecule has 140 valence electrons. The summed E-state index contributed by atoms with van der Waals surface area (Å²) in [6.45, 7) is 6.19. The normalized spacial score (nSPS) is 16.4. The van der Waals surface area contributed by atoms with Crippen molar-refractivity contribution in [3.05, 3.63) is 66.0 Å². The van der Waals surface area contributed by atoms with Crippen molar-refractivity contribution in [2.75, 3.05) is 18.0 Å². The number of anilines is 1. The Bertz CT molecular complexity index is 853. The van der Waals surface area contributed by atoms with Crippen LogP contribution in [-0.4, -0.2) is 37.8 Å². The molecule has 0 bridgehead atoms. The molecule has 3 aromatic rings. The van der Waals surface area contributed by atoms with Crippen molar-refractivity contribution in [3.63, 3.8) is 0 Å². The van der Waals surface area contributed by atoms with E-state index in [9.17, 15) is 0 Å². The van der Waals surface area contributed by atoms with Crippen molar-refractivity contribution in [1.29, 1.82) is 0 Å². The minimum atomic E-state index is 0.284. The van der Waals surface area contributed by atoms with E-state index in [1.807, 2.05) is 6.07 Å². The summed E-state index contributed by atoms with van der Waals surface area (Å²) in [5, 5.41) is 9.03. The fourth-order valence-electron chi connectivity index (χ4n) is 4.08. The quantitative estimate of drug-likeness (QED) is 0.692. The molecule has 6 heteroatoms. The minimum Gasteiger partial charge on any atom is -0.341 e. The number of piperidine rings is 1. The Hall–Kier alpha value is -2.76. The fourth-order valence-corrected chi connectivity index (χ4v) is 4.08. The second-order valence-corrected chi connectivity index (χ2v) is 7.12. The Balaban J connectivity index is 1.56. The van der Waals surface area contributed by atoms with Gasteiger partial charge in [-0.25, -0.2) is 9.97 Å². The third kappa shape index (κ3) is 3.56. The molecular weight excluding hydrogens is 336 g/mol. The van der Waals surface area contributed by atoms with E-state index in [1.165, 1.54) is 5.56 Å². The Morgan fingerprint density at radius 3 is 2.37 bits per heavy atom. The monoisotopic (exact) mass is 362 g/mol. The van der Waals surface area contributed by atoms with Gasteiger partial charge in [0, 0.05) is 31.4 Å². The first-order valence-electron chi connectivity index (χ1n) is 9.76. The first-order valence-corrected chi connectivity index (χ1v) is 9.76. The molecule has 2 aromatic heterocycles. The number of rotatable bonds is 5. The van der Waals surface area contributed by atoms with E-state index in [0.717, 1.165) is 49.9 Å². The lowest BCUT2D eigenvalue weighted by molar-refractivity contribution is 0.438. The highest BCUT2D eigenvalue weighted by atomic mass is 15.3. The summed E-state index contributed by atoms with van der Waals surface area (Å²) in [5.41, 5.74) is 1.32. The van der Waals surface area contributed by atoms with Gasteiger partial charge in [-0.15, -0.1) is 10.2 Å². The number of aromatic nitrogens is 5. The molecule has 0 unspecified atom stereocenters. The van der Waals surface area contributed by atoms with E-state index in [0.29, 0.717) is 5.92 Å². The molecule has 6 nitrogen and oxygen atoms in total. The molecule has 0 N–H and O–H groups in total. The summed E-state index contributed by atoms with van der Waals surface area (Å²) in [5.74, 6) is 3.36. The van der Waals surface area contributed by atoms with Gasteiger partial charge >= 0.3 is 0 Å². The van der Waals surface area contributed by atoms with Gasteiger partial charge in [0.1, 0.15) is 11.6 Å². The number of hydrogen-bond acceptors (Lipinski definition) is 5. The molecule has 0 aliphatic carbocycles. The highest BCUT2D eigenvalue weighted by Crippen LogP contribution is 2.33. The van der Waals surface area contributed by atoms with Gasteiger partial charge in [0.25, 0.3) is 0 Å². The van der Waals surface area contributed by atoms with Crippen LogP contribution in [0.2, 0.25) is 0 Å². The molecule has 0 saturated carbocycles. The zero-order chi connectivity index (χ0) is 18.6. The van der Waals surface area contributed by atoms with Crippen molar-refractivity contribution in [1.82, 2.24) is 24.7 Å². The summed E-state index contributed by atoms with van der Waals surface area (Å²) in [6, 6.07) is 12.8.